The quantitative estimate of drug-likeness (QED) is 0.305. The first-order valence-corrected chi connectivity index (χ1v) is 12.4. The van der Waals surface area contributed by atoms with Gasteiger partial charge in [-0.2, -0.15) is 0 Å². The van der Waals surface area contributed by atoms with E-state index >= 15 is 0 Å². The van der Waals surface area contributed by atoms with Crippen molar-refractivity contribution in [2.75, 3.05) is 36.8 Å². The summed E-state index contributed by atoms with van der Waals surface area (Å²) in [5.41, 5.74) is 2.30. The van der Waals surface area contributed by atoms with Crippen LogP contribution in [0.25, 0.3) is 16.6 Å². The minimum atomic E-state index is -0.137. The van der Waals surface area contributed by atoms with Gasteiger partial charge in [0.05, 0.1) is 22.3 Å². The molecule has 0 N–H and O–H groups in total. The van der Waals surface area contributed by atoms with Gasteiger partial charge in [-0.25, -0.2) is 4.98 Å². The molecule has 1 fully saturated rings. The van der Waals surface area contributed by atoms with Crippen LogP contribution in [0.2, 0.25) is 5.02 Å². The first-order chi connectivity index (χ1) is 16.6. The number of carbonyl (C=O) groups is 1. The van der Waals surface area contributed by atoms with Crippen LogP contribution in [0.1, 0.15) is 0 Å². The maximum Gasteiger partial charge on any atom is 0.266 e. The highest BCUT2D eigenvalue weighted by atomic mass is 35.5. The summed E-state index contributed by atoms with van der Waals surface area (Å²) in [5.74, 6) is 0.257. The second-order valence-corrected chi connectivity index (χ2v) is 9.40. The Bertz CT molecular complexity index is 1380. The van der Waals surface area contributed by atoms with Crippen LogP contribution in [0.15, 0.2) is 88.8 Å². The number of hydrogen-bond acceptors (Lipinski definition) is 5. The Balaban J connectivity index is 1.32. The third-order valence-electron chi connectivity index (χ3n) is 5.89. The Kier molecular flexibility index (Phi) is 6.56. The maximum atomic E-state index is 13.3. The number of amides is 1. The van der Waals surface area contributed by atoms with Crippen molar-refractivity contribution in [3.8, 4) is 5.69 Å². The average molecular weight is 491 g/mol. The van der Waals surface area contributed by atoms with Crippen molar-refractivity contribution in [1.82, 2.24) is 14.5 Å². The van der Waals surface area contributed by atoms with Gasteiger partial charge in [0.15, 0.2) is 5.16 Å². The topological polar surface area (TPSA) is 58.4 Å². The molecule has 1 amide bonds. The second-order valence-electron chi connectivity index (χ2n) is 8.02. The molecule has 2 heterocycles. The van der Waals surface area contributed by atoms with Crippen LogP contribution in [0, 0.1) is 0 Å². The Morgan fingerprint density at radius 3 is 2.35 bits per heavy atom. The van der Waals surface area contributed by atoms with Crippen molar-refractivity contribution in [3.05, 3.63) is 94.2 Å². The molecule has 172 valence electrons. The van der Waals surface area contributed by atoms with E-state index in [9.17, 15) is 9.59 Å². The molecule has 0 bridgehead atoms. The van der Waals surface area contributed by atoms with Gasteiger partial charge in [0.25, 0.3) is 5.56 Å². The lowest BCUT2D eigenvalue weighted by molar-refractivity contribution is -0.128. The number of para-hydroxylation sites is 2. The van der Waals surface area contributed by atoms with E-state index in [0.717, 1.165) is 24.5 Å². The normalized spacial score (nSPS) is 13.9. The molecule has 1 saturated heterocycles. The van der Waals surface area contributed by atoms with Gasteiger partial charge >= 0.3 is 0 Å². The molecule has 1 aliphatic rings. The summed E-state index contributed by atoms with van der Waals surface area (Å²) >= 11 is 7.42. The number of fused-ring (bicyclic) bond motifs is 1. The molecular weight excluding hydrogens is 468 g/mol. The van der Waals surface area contributed by atoms with Crippen LogP contribution < -0.4 is 10.5 Å². The van der Waals surface area contributed by atoms with Crippen LogP contribution in [0.3, 0.4) is 0 Å². The Labute approximate surface area is 206 Å². The summed E-state index contributed by atoms with van der Waals surface area (Å²) in [6, 6.07) is 24.5. The fraction of sp³-hybridized carbons (Fsp3) is 0.192. The number of piperazine rings is 1. The van der Waals surface area contributed by atoms with Gasteiger partial charge in [-0.05, 0) is 42.5 Å². The van der Waals surface area contributed by atoms with E-state index in [1.165, 1.54) is 11.8 Å². The molecule has 4 aromatic rings. The zero-order valence-electron chi connectivity index (χ0n) is 18.4. The van der Waals surface area contributed by atoms with Crippen LogP contribution >= 0.6 is 23.4 Å². The number of hydrogen-bond donors (Lipinski definition) is 0. The number of halogens is 1. The van der Waals surface area contributed by atoms with E-state index in [1.54, 1.807) is 10.6 Å². The molecular formula is C26H23ClN4O2S. The maximum absolute atomic E-state index is 13.3. The standard InChI is InChI=1S/C26H23ClN4O2S/c27-19-7-6-10-21(17-19)29-13-15-30(16-14-29)24(32)18-34-26-28-23-12-5-4-11-22(23)25(33)31(26)20-8-2-1-3-9-20/h1-12,17H,13-16,18H2. The Morgan fingerprint density at radius 1 is 0.882 bits per heavy atom. The summed E-state index contributed by atoms with van der Waals surface area (Å²) in [7, 11) is 0. The minimum absolute atomic E-state index is 0.0396. The first-order valence-electron chi connectivity index (χ1n) is 11.1. The van der Waals surface area contributed by atoms with Crippen molar-refractivity contribution >= 4 is 45.9 Å². The van der Waals surface area contributed by atoms with Crippen LogP contribution in [0.5, 0.6) is 0 Å². The van der Waals surface area contributed by atoms with E-state index in [0.29, 0.717) is 34.2 Å². The molecule has 0 spiro atoms. The molecule has 0 saturated carbocycles. The molecule has 0 atom stereocenters. The largest absolute Gasteiger partial charge is 0.368 e. The number of benzene rings is 3. The number of rotatable bonds is 5. The Morgan fingerprint density at radius 2 is 1.59 bits per heavy atom. The number of anilines is 1. The first kappa shape index (κ1) is 22.5. The molecule has 6 nitrogen and oxygen atoms in total. The molecule has 3 aromatic carbocycles. The number of thioether (sulfide) groups is 1. The van der Waals surface area contributed by atoms with Crippen LogP contribution in [-0.2, 0) is 4.79 Å². The summed E-state index contributed by atoms with van der Waals surface area (Å²) in [6.45, 7) is 2.78. The van der Waals surface area contributed by atoms with Gasteiger partial charge in [0.2, 0.25) is 5.91 Å². The third kappa shape index (κ3) is 4.67. The van der Waals surface area contributed by atoms with E-state index in [1.807, 2.05) is 77.7 Å². The van der Waals surface area contributed by atoms with Gasteiger partial charge < -0.3 is 9.80 Å². The summed E-state index contributed by atoms with van der Waals surface area (Å²) in [4.78, 5) is 35.1. The fourth-order valence-electron chi connectivity index (χ4n) is 4.12. The zero-order chi connectivity index (χ0) is 23.5. The smallest absolute Gasteiger partial charge is 0.266 e. The highest BCUT2D eigenvalue weighted by molar-refractivity contribution is 7.99. The molecule has 1 aliphatic heterocycles. The molecule has 0 unspecified atom stereocenters. The van der Waals surface area contributed by atoms with Crippen LogP contribution in [0.4, 0.5) is 5.69 Å². The predicted octanol–water partition coefficient (Wildman–Crippen LogP) is 4.48. The highest BCUT2D eigenvalue weighted by Gasteiger charge is 2.22. The second kappa shape index (κ2) is 9.91. The number of nitrogens with zero attached hydrogens (tertiary/aromatic N) is 4. The van der Waals surface area contributed by atoms with E-state index in [-0.39, 0.29) is 17.2 Å². The zero-order valence-corrected chi connectivity index (χ0v) is 20.0. The minimum Gasteiger partial charge on any atom is -0.368 e. The van der Waals surface area contributed by atoms with Crippen molar-refractivity contribution in [2.24, 2.45) is 0 Å². The SMILES string of the molecule is O=C(CSc1nc2ccccc2c(=O)n1-c1ccccc1)N1CCN(c2cccc(Cl)c2)CC1. The summed E-state index contributed by atoms with van der Waals surface area (Å²) in [6.07, 6.45) is 0. The highest BCUT2D eigenvalue weighted by Crippen LogP contribution is 2.23. The van der Waals surface area contributed by atoms with Gasteiger partial charge in [0, 0.05) is 36.9 Å². The lowest BCUT2D eigenvalue weighted by Crippen LogP contribution is -2.49. The molecule has 1 aromatic heterocycles. The van der Waals surface area contributed by atoms with Gasteiger partial charge in [0.1, 0.15) is 0 Å². The van der Waals surface area contributed by atoms with Crippen LogP contribution in [-0.4, -0.2) is 52.3 Å². The van der Waals surface area contributed by atoms with E-state index in [2.05, 4.69) is 4.90 Å². The lowest BCUT2D eigenvalue weighted by Gasteiger charge is -2.36. The van der Waals surface area contributed by atoms with Crippen molar-refractivity contribution in [2.45, 2.75) is 5.16 Å². The third-order valence-corrected chi connectivity index (χ3v) is 7.05. The van der Waals surface area contributed by atoms with Gasteiger partial charge in [-0.3, -0.25) is 14.2 Å². The Hall–Kier alpha value is -3.29. The summed E-state index contributed by atoms with van der Waals surface area (Å²) in [5, 5.41) is 1.78. The average Bonchev–Trinajstić information content (AvgIpc) is 2.88. The van der Waals surface area contributed by atoms with Crippen molar-refractivity contribution < 1.29 is 4.79 Å². The molecule has 0 aliphatic carbocycles. The number of carbonyl (C=O) groups excluding carboxylic acids is 1. The van der Waals surface area contributed by atoms with Gasteiger partial charge in [-0.1, -0.05) is 59.8 Å². The monoisotopic (exact) mass is 490 g/mol. The predicted molar refractivity (Wildman–Crippen MR) is 138 cm³/mol. The number of aromatic nitrogens is 2. The molecule has 34 heavy (non-hydrogen) atoms. The summed E-state index contributed by atoms with van der Waals surface area (Å²) < 4.78 is 1.59. The van der Waals surface area contributed by atoms with Crippen molar-refractivity contribution in [3.63, 3.8) is 0 Å². The van der Waals surface area contributed by atoms with Gasteiger partial charge in [-0.15, -0.1) is 0 Å². The van der Waals surface area contributed by atoms with E-state index in [4.69, 9.17) is 16.6 Å². The lowest BCUT2D eigenvalue weighted by atomic mass is 10.2. The van der Waals surface area contributed by atoms with E-state index < -0.39 is 0 Å². The molecule has 8 heteroatoms. The fourth-order valence-corrected chi connectivity index (χ4v) is 5.22. The molecule has 0 radical (unpaired) electrons. The van der Waals surface area contributed by atoms with Crippen molar-refractivity contribution in [1.29, 1.82) is 0 Å². The molecule has 5 rings (SSSR count).